The van der Waals surface area contributed by atoms with Gasteiger partial charge < -0.3 is 0 Å². The second kappa shape index (κ2) is 11.5. The number of benzene rings is 2. The molecule has 2 nitrogen and oxygen atoms in total. The van der Waals surface area contributed by atoms with Gasteiger partial charge in [0.05, 0.1) is 22.8 Å². The third-order valence-corrected chi connectivity index (χ3v) is 8.65. The molecule has 0 amide bonds. The number of nitrogens with zero attached hydrogens (tertiary/aromatic N) is 2. The summed E-state index contributed by atoms with van der Waals surface area (Å²) in [5, 5.41) is 4.26. The Balaban J connectivity index is 1.63. The van der Waals surface area contributed by atoms with Crippen molar-refractivity contribution < 1.29 is 0 Å². The van der Waals surface area contributed by atoms with Crippen LogP contribution in [0.2, 0.25) is 0 Å². The summed E-state index contributed by atoms with van der Waals surface area (Å²) in [7, 11) is 0. The highest BCUT2D eigenvalue weighted by molar-refractivity contribution is 8.00. The molecule has 0 aliphatic heterocycles. The maximum atomic E-state index is 5.19. The van der Waals surface area contributed by atoms with Gasteiger partial charge in [0.1, 0.15) is 0 Å². The quantitative estimate of drug-likeness (QED) is 0.214. The molecule has 4 aromatic rings. The third kappa shape index (κ3) is 6.40. The first-order valence-electron chi connectivity index (χ1n) is 11.8. The average Bonchev–Trinajstić information content (AvgIpc) is 3.50. The minimum atomic E-state index is 0.837. The fourth-order valence-electron chi connectivity index (χ4n) is 4.41. The standard InChI is InChI=1S/C30H32N2S3/c1-19-13-21(3)29(22(4)14-19)31-25(27-9-7-11-34-27)17-33-18-26(28-10-8-12-35-28)32-30-23(5)15-20(2)16-24(30)6/h7-16H,17-18H2,1-6H3. The fraction of sp³-hybridized carbons (Fsp3) is 0.267. The molecule has 0 bridgehead atoms. The molecule has 2 heterocycles. The molecule has 0 unspecified atom stereocenters. The molecule has 0 saturated heterocycles. The van der Waals surface area contributed by atoms with E-state index >= 15 is 0 Å². The van der Waals surface area contributed by atoms with Gasteiger partial charge in [-0.15, -0.1) is 34.4 Å². The van der Waals surface area contributed by atoms with Crippen LogP contribution in [0.4, 0.5) is 11.4 Å². The zero-order valence-electron chi connectivity index (χ0n) is 21.3. The van der Waals surface area contributed by atoms with Crippen LogP contribution < -0.4 is 0 Å². The second-order valence-electron chi connectivity index (χ2n) is 9.06. The van der Waals surface area contributed by atoms with Gasteiger partial charge in [-0.25, -0.2) is 0 Å². The topological polar surface area (TPSA) is 24.7 Å². The van der Waals surface area contributed by atoms with Crippen molar-refractivity contribution in [2.24, 2.45) is 9.98 Å². The summed E-state index contributed by atoms with van der Waals surface area (Å²) in [6, 6.07) is 17.5. The molecule has 0 spiro atoms. The molecule has 4 rings (SSSR count). The van der Waals surface area contributed by atoms with E-state index in [0.29, 0.717) is 0 Å². The lowest BCUT2D eigenvalue weighted by Gasteiger charge is -2.12. The Kier molecular flexibility index (Phi) is 8.42. The van der Waals surface area contributed by atoms with Gasteiger partial charge in [-0.05, 0) is 86.7 Å². The Morgan fingerprint density at radius 2 is 1.00 bits per heavy atom. The predicted octanol–water partition coefficient (Wildman–Crippen LogP) is 9.34. The molecule has 0 atom stereocenters. The van der Waals surface area contributed by atoms with Gasteiger partial charge in [0.15, 0.2) is 0 Å². The average molecular weight is 517 g/mol. The Morgan fingerprint density at radius 1 is 0.629 bits per heavy atom. The first-order chi connectivity index (χ1) is 16.8. The lowest BCUT2D eigenvalue weighted by Crippen LogP contribution is -2.08. The van der Waals surface area contributed by atoms with Crippen molar-refractivity contribution in [2.45, 2.75) is 41.5 Å². The molecular formula is C30H32N2S3. The summed E-state index contributed by atoms with van der Waals surface area (Å²) >= 11 is 5.40. The second-order valence-corrected chi connectivity index (χ2v) is 11.9. The molecule has 35 heavy (non-hydrogen) atoms. The van der Waals surface area contributed by atoms with Crippen LogP contribution >= 0.6 is 34.4 Å². The number of aliphatic imine (C=N–C) groups is 2. The van der Waals surface area contributed by atoms with E-state index < -0.39 is 0 Å². The maximum absolute atomic E-state index is 5.19. The summed E-state index contributed by atoms with van der Waals surface area (Å²) in [6.07, 6.45) is 0. The molecule has 180 valence electrons. The monoisotopic (exact) mass is 516 g/mol. The Labute approximate surface area is 221 Å². The first kappa shape index (κ1) is 25.6. The molecule has 5 heteroatoms. The maximum Gasteiger partial charge on any atom is 0.0692 e. The molecule has 2 aromatic heterocycles. The van der Waals surface area contributed by atoms with Crippen molar-refractivity contribution in [1.29, 1.82) is 0 Å². The highest BCUT2D eigenvalue weighted by Crippen LogP contribution is 2.29. The number of hydrogen-bond acceptors (Lipinski definition) is 5. The van der Waals surface area contributed by atoms with E-state index in [4.69, 9.17) is 9.98 Å². The van der Waals surface area contributed by atoms with E-state index in [2.05, 4.69) is 101 Å². The van der Waals surface area contributed by atoms with Gasteiger partial charge in [-0.1, -0.05) is 47.5 Å². The van der Waals surface area contributed by atoms with Crippen LogP contribution in [-0.2, 0) is 0 Å². The van der Waals surface area contributed by atoms with Crippen LogP contribution in [0.5, 0.6) is 0 Å². The van der Waals surface area contributed by atoms with E-state index in [1.165, 1.54) is 43.1 Å². The summed E-state index contributed by atoms with van der Waals surface area (Å²) in [5.41, 5.74) is 11.9. The van der Waals surface area contributed by atoms with Crippen molar-refractivity contribution >= 4 is 57.2 Å². The molecule has 0 aliphatic rings. The van der Waals surface area contributed by atoms with E-state index in [9.17, 15) is 0 Å². The lowest BCUT2D eigenvalue weighted by atomic mass is 10.1. The Hall–Kier alpha value is -2.47. The van der Waals surface area contributed by atoms with Crippen molar-refractivity contribution in [3.05, 3.63) is 102 Å². The van der Waals surface area contributed by atoms with Crippen LogP contribution in [0.3, 0.4) is 0 Å². The van der Waals surface area contributed by atoms with Crippen molar-refractivity contribution in [1.82, 2.24) is 0 Å². The fourth-order valence-corrected chi connectivity index (χ4v) is 6.96. The molecule has 0 N–H and O–H groups in total. The summed E-state index contributed by atoms with van der Waals surface area (Å²) in [5.74, 6) is 1.67. The third-order valence-electron chi connectivity index (χ3n) is 5.85. The van der Waals surface area contributed by atoms with Crippen LogP contribution in [0, 0.1) is 41.5 Å². The van der Waals surface area contributed by atoms with Gasteiger partial charge in [0.25, 0.3) is 0 Å². The normalized spacial score (nSPS) is 12.4. The van der Waals surface area contributed by atoms with Crippen molar-refractivity contribution in [3.63, 3.8) is 0 Å². The molecule has 0 radical (unpaired) electrons. The van der Waals surface area contributed by atoms with E-state index in [1.807, 2.05) is 11.8 Å². The van der Waals surface area contributed by atoms with Gasteiger partial charge in [0, 0.05) is 21.3 Å². The summed E-state index contributed by atoms with van der Waals surface area (Å²) < 4.78 is 0. The molecule has 0 aliphatic carbocycles. The number of thiophene rings is 2. The van der Waals surface area contributed by atoms with Crippen LogP contribution in [0.15, 0.2) is 69.3 Å². The van der Waals surface area contributed by atoms with E-state index in [1.54, 1.807) is 22.7 Å². The number of rotatable bonds is 8. The van der Waals surface area contributed by atoms with Crippen molar-refractivity contribution in [3.8, 4) is 0 Å². The highest BCUT2D eigenvalue weighted by atomic mass is 32.2. The van der Waals surface area contributed by atoms with Gasteiger partial charge in [-0.2, -0.15) is 0 Å². The number of hydrogen-bond donors (Lipinski definition) is 0. The summed E-state index contributed by atoms with van der Waals surface area (Å²) in [6.45, 7) is 12.9. The Morgan fingerprint density at radius 3 is 1.31 bits per heavy atom. The smallest absolute Gasteiger partial charge is 0.0692 e. The zero-order chi connectivity index (χ0) is 24.9. The number of aryl methyl sites for hydroxylation is 6. The zero-order valence-corrected chi connectivity index (χ0v) is 23.8. The van der Waals surface area contributed by atoms with Gasteiger partial charge in [-0.3, -0.25) is 9.98 Å². The van der Waals surface area contributed by atoms with Gasteiger partial charge >= 0.3 is 0 Å². The SMILES string of the molecule is Cc1cc(C)c(N=C(CSCC(=Nc2c(C)cc(C)cc2C)c2cccs2)c2cccs2)c(C)c1. The molecular weight excluding hydrogens is 485 g/mol. The summed E-state index contributed by atoms with van der Waals surface area (Å²) in [4.78, 5) is 12.8. The van der Waals surface area contributed by atoms with Crippen LogP contribution in [0.25, 0.3) is 0 Å². The highest BCUT2D eigenvalue weighted by Gasteiger charge is 2.13. The Bertz CT molecular complexity index is 1210. The molecule has 2 aromatic carbocycles. The van der Waals surface area contributed by atoms with E-state index in [0.717, 1.165) is 34.3 Å². The van der Waals surface area contributed by atoms with Gasteiger partial charge in [0.2, 0.25) is 0 Å². The molecule has 0 fully saturated rings. The van der Waals surface area contributed by atoms with E-state index in [-0.39, 0.29) is 0 Å². The van der Waals surface area contributed by atoms with Crippen LogP contribution in [0.1, 0.15) is 43.1 Å². The minimum Gasteiger partial charge on any atom is -0.251 e. The predicted molar refractivity (Wildman–Crippen MR) is 160 cm³/mol. The largest absolute Gasteiger partial charge is 0.251 e. The van der Waals surface area contributed by atoms with Crippen LogP contribution in [-0.4, -0.2) is 22.9 Å². The number of thioether (sulfide) groups is 1. The van der Waals surface area contributed by atoms with Crippen molar-refractivity contribution in [2.75, 3.05) is 11.5 Å². The lowest BCUT2D eigenvalue weighted by molar-refractivity contribution is 1.28. The first-order valence-corrected chi connectivity index (χ1v) is 14.7. The minimum absolute atomic E-state index is 0.837. The molecule has 0 saturated carbocycles.